The number of amides is 1. The van der Waals surface area contributed by atoms with Crippen molar-refractivity contribution in [2.24, 2.45) is 0 Å². The third-order valence-corrected chi connectivity index (χ3v) is 12.1. The minimum atomic E-state index is -0.796. The van der Waals surface area contributed by atoms with E-state index in [4.69, 9.17) is 4.74 Å². The van der Waals surface area contributed by atoms with E-state index >= 15 is 0 Å². The van der Waals surface area contributed by atoms with Gasteiger partial charge in [0.15, 0.2) is 0 Å². The Morgan fingerprint density at radius 3 is 1.29 bits per heavy atom. The van der Waals surface area contributed by atoms with E-state index in [0.29, 0.717) is 19.3 Å². The van der Waals surface area contributed by atoms with Crippen LogP contribution in [0.5, 0.6) is 0 Å². The van der Waals surface area contributed by atoms with Gasteiger partial charge in [-0.05, 0) is 96.3 Å². The van der Waals surface area contributed by atoms with E-state index in [1.807, 2.05) is 0 Å². The molecule has 63 heavy (non-hydrogen) atoms. The fraction of sp³-hybridized carbons (Fsp3) is 0.789. The van der Waals surface area contributed by atoms with Gasteiger partial charge in [0.1, 0.15) is 6.10 Å². The Hall–Kier alpha value is -2.44. The number of rotatable bonds is 48. The maximum Gasteiger partial charge on any atom is 0.306 e. The minimum Gasteiger partial charge on any atom is -0.462 e. The Balaban J connectivity index is 4.62. The lowest BCUT2D eigenvalue weighted by Gasteiger charge is -2.24. The second-order valence-electron chi connectivity index (χ2n) is 18.3. The first-order valence-electron chi connectivity index (χ1n) is 27.0. The summed E-state index contributed by atoms with van der Waals surface area (Å²) in [5, 5.41) is 23.8. The highest BCUT2D eigenvalue weighted by Crippen LogP contribution is 2.17. The number of hydrogen-bond donors (Lipinski definition) is 3. The molecule has 0 saturated heterocycles. The summed E-state index contributed by atoms with van der Waals surface area (Å²) < 4.78 is 5.93. The van der Waals surface area contributed by atoms with Crippen LogP contribution in [0.4, 0.5) is 0 Å². The maximum atomic E-state index is 13.2. The minimum absolute atomic E-state index is 0.0582. The molecule has 3 unspecified atom stereocenters. The Kier molecular flexibility index (Phi) is 48.6. The summed E-state index contributed by atoms with van der Waals surface area (Å²) >= 11 is 0. The van der Waals surface area contributed by atoms with Crippen molar-refractivity contribution in [1.29, 1.82) is 0 Å². The van der Waals surface area contributed by atoms with Gasteiger partial charge in [0.25, 0.3) is 0 Å². The van der Waals surface area contributed by atoms with Crippen LogP contribution in [0, 0.1) is 0 Å². The second kappa shape index (κ2) is 50.6. The number of unbranched alkanes of at least 4 members (excludes halogenated alkanes) is 26. The zero-order chi connectivity index (χ0) is 45.9. The zero-order valence-corrected chi connectivity index (χ0v) is 41.7. The van der Waals surface area contributed by atoms with Crippen LogP contribution in [0.15, 0.2) is 60.8 Å². The van der Waals surface area contributed by atoms with E-state index in [1.165, 1.54) is 128 Å². The molecule has 366 valence electrons. The summed E-state index contributed by atoms with van der Waals surface area (Å²) in [7, 11) is 0. The van der Waals surface area contributed by atoms with Gasteiger partial charge in [0, 0.05) is 6.42 Å². The molecule has 0 aliphatic rings. The molecule has 0 fully saturated rings. The molecule has 0 rings (SSSR count). The smallest absolute Gasteiger partial charge is 0.306 e. The Morgan fingerprint density at radius 1 is 0.460 bits per heavy atom. The summed E-state index contributed by atoms with van der Waals surface area (Å²) in [5.41, 5.74) is 0. The van der Waals surface area contributed by atoms with Crippen LogP contribution in [0.2, 0.25) is 0 Å². The number of allylic oxidation sites excluding steroid dienone is 10. The maximum absolute atomic E-state index is 13.2. The number of aliphatic hydroxyl groups excluding tert-OH is 2. The van der Waals surface area contributed by atoms with Crippen LogP contribution in [0.25, 0.3) is 0 Å². The monoisotopic (exact) mass is 882 g/mol. The summed E-state index contributed by atoms with van der Waals surface area (Å²) in [6.45, 7) is 6.44. The molecule has 0 aromatic heterocycles. The first kappa shape index (κ1) is 60.6. The lowest BCUT2D eigenvalue weighted by Crippen LogP contribution is -2.46. The van der Waals surface area contributed by atoms with Crippen molar-refractivity contribution in [3.63, 3.8) is 0 Å². The topological polar surface area (TPSA) is 95.9 Å². The molecular weight excluding hydrogens is 779 g/mol. The molecule has 0 aromatic rings. The summed E-state index contributed by atoms with van der Waals surface area (Å²) in [6, 6.07) is -0.712. The first-order valence-corrected chi connectivity index (χ1v) is 27.0. The van der Waals surface area contributed by atoms with Crippen molar-refractivity contribution in [3.05, 3.63) is 60.8 Å². The SMILES string of the molecule is CCCCC/C=C\C/C=C\C/C=C\C/C=C\CCCCCC(=O)OC(CCCCCCC/C=C\CCCCCC)CC(=O)NC(CO)C(O)CCCCCCCCCCCCCC. The molecule has 0 saturated carbocycles. The van der Waals surface area contributed by atoms with Crippen LogP contribution >= 0.6 is 0 Å². The molecule has 3 atom stereocenters. The summed E-state index contributed by atoms with van der Waals surface area (Å²) in [4.78, 5) is 26.2. The second-order valence-corrected chi connectivity index (χ2v) is 18.3. The zero-order valence-electron chi connectivity index (χ0n) is 41.7. The lowest BCUT2D eigenvalue weighted by molar-refractivity contribution is -0.151. The normalized spacial score (nSPS) is 13.7. The molecule has 0 aliphatic heterocycles. The van der Waals surface area contributed by atoms with Gasteiger partial charge >= 0.3 is 5.97 Å². The van der Waals surface area contributed by atoms with Gasteiger partial charge in [-0.1, -0.05) is 216 Å². The Bertz CT molecular complexity index is 1130. The first-order chi connectivity index (χ1) is 31.0. The molecule has 0 bridgehead atoms. The molecule has 6 nitrogen and oxygen atoms in total. The Morgan fingerprint density at radius 2 is 0.810 bits per heavy atom. The summed E-state index contributed by atoms with van der Waals surface area (Å²) in [5.74, 6) is -0.515. The molecule has 6 heteroatoms. The van der Waals surface area contributed by atoms with E-state index in [0.717, 1.165) is 89.9 Å². The van der Waals surface area contributed by atoms with Crippen LogP contribution < -0.4 is 5.32 Å². The highest BCUT2D eigenvalue weighted by Gasteiger charge is 2.24. The highest BCUT2D eigenvalue weighted by molar-refractivity contribution is 5.77. The van der Waals surface area contributed by atoms with Gasteiger partial charge in [-0.15, -0.1) is 0 Å². The third kappa shape index (κ3) is 45.9. The number of carbonyl (C=O) groups is 2. The van der Waals surface area contributed by atoms with Gasteiger partial charge < -0.3 is 20.3 Å². The number of esters is 1. The van der Waals surface area contributed by atoms with Crippen molar-refractivity contribution in [3.8, 4) is 0 Å². The van der Waals surface area contributed by atoms with Gasteiger partial charge in [0.2, 0.25) is 5.91 Å². The molecule has 0 aliphatic carbocycles. The molecule has 1 amide bonds. The van der Waals surface area contributed by atoms with E-state index < -0.39 is 18.2 Å². The van der Waals surface area contributed by atoms with E-state index in [-0.39, 0.29) is 24.9 Å². The molecule has 0 spiro atoms. The van der Waals surface area contributed by atoms with Crippen LogP contribution in [-0.2, 0) is 14.3 Å². The Labute approximate surface area is 390 Å². The lowest BCUT2D eigenvalue weighted by atomic mass is 10.0. The highest BCUT2D eigenvalue weighted by atomic mass is 16.5. The van der Waals surface area contributed by atoms with Crippen LogP contribution in [-0.4, -0.2) is 46.9 Å². The van der Waals surface area contributed by atoms with Gasteiger partial charge in [-0.2, -0.15) is 0 Å². The van der Waals surface area contributed by atoms with Crippen LogP contribution in [0.3, 0.4) is 0 Å². The van der Waals surface area contributed by atoms with E-state index in [2.05, 4.69) is 86.8 Å². The van der Waals surface area contributed by atoms with Crippen molar-refractivity contribution in [1.82, 2.24) is 5.32 Å². The fourth-order valence-electron chi connectivity index (χ4n) is 7.94. The van der Waals surface area contributed by atoms with Crippen molar-refractivity contribution in [2.75, 3.05) is 6.61 Å². The van der Waals surface area contributed by atoms with E-state index in [9.17, 15) is 19.8 Å². The van der Waals surface area contributed by atoms with Gasteiger partial charge in [-0.3, -0.25) is 9.59 Å². The van der Waals surface area contributed by atoms with Gasteiger partial charge in [0.05, 0.1) is 25.2 Å². The summed E-state index contributed by atoms with van der Waals surface area (Å²) in [6.07, 6.45) is 62.8. The third-order valence-electron chi connectivity index (χ3n) is 12.1. The van der Waals surface area contributed by atoms with Crippen molar-refractivity contribution >= 4 is 11.9 Å². The number of ether oxygens (including phenoxy) is 1. The molecule has 3 N–H and O–H groups in total. The van der Waals surface area contributed by atoms with Gasteiger partial charge in [-0.25, -0.2) is 0 Å². The number of nitrogens with one attached hydrogen (secondary N) is 1. The molecule has 0 aromatic carbocycles. The number of hydrogen-bond acceptors (Lipinski definition) is 5. The fourth-order valence-corrected chi connectivity index (χ4v) is 7.94. The largest absolute Gasteiger partial charge is 0.462 e. The molecule has 0 radical (unpaired) electrons. The predicted molar refractivity (Wildman–Crippen MR) is 273 cm³/mol. The average Bonchev–Trinajstić information content (AvgIpc) is 3.28. The number of carbonyl (C=O) groups excluding carboxylic acids is 2. The standard InChI is InChI=1S/C57H103NO5/c1-4-7-10-13-16-19-22-25-26-27-28-29-30-32-35-38-41-44-47-50-57(62)63-53(48-45-42-39-36-33-31-23-20-17-14-11-8-5-2)51-56(61)58-54(52-59)55(60)49-46-43-40-37-34-24-21-18-15-12-9-6-3/h16,19-20,23,25-26,28-29,32,35,53-55,59-60H,4-15,17-18,21-22,24,27,30-31,33-34,36-52H2,1-3H3,(H,58,61)/b19-16-,23-20-,26-25-,29-28-,35-32-. The van der Waals surface area contributed by atoms with Crippen molar-refractivity contribution in [2.45, 2.75) is 283 Å². The predicted octanol–water partition coefficient (Wildman–Crippen LogP) is 16.4. The quantitative estimate of drug-likeness (QED) is 0.0321. The molecular formula is C57H103NO5. The van der Waals surface area contributed by atoms with Crippen LogP contribution in [0.1, 0.15) is 265 Å². The van der Waals surface area contributed by atoms with E-state index in [1.54, 1.807) is 0 Å². The number of aliphatic hydroxyl groups is 2. The van der Waals surface area contributed by atoms with Crippen molar-refractivity contribution < 1.29 is 24.5 Å². The molecule has 0 heterocycles. The average molecular weight is 882 g/mol.